The van der Waals surface area contributed by atoms with Gasteiger partial charge in [-0.15, -0.1) is 0 Å². The minimum absolute atomic E-state index is 0.00255. The molecular weight excluding hydrogens is 434 g/mol. The average Bonchev–Trinajstić information content (AvgIpc) is 3.40. The number of nitrogens with zero attached hydrogens (tertiary/aromatic N) is 3. The van der Waals surface area contributed by atoms with E-state index in [1.165, 1.54) is 48.5 Å². The highest BCUT2D eigenvalue weighted by Gasteiger charge is 2.42. The smallest absolute Gasteiger partial charge is 0.338 e. The number of nitro groups is 2. The van der Waals surface area contributed by atoms with Crippen LogP contribution in [0.25, 0.3) is 0 Å². The van der Waals surface area contributed by atoms with Gasteiger partial charge in [0.25, 0.3) is 11.4 Å². The first kappa shape index (κ1) is 22.1. The van der Waals surface area contributed by atoms with E-state index in [0.29, 0.717) is 19.5 Å². The summed E-state index contributed by atoms with van der Waals surface area (Å²) in [7, 11) is 0. The highest BCUT2D eigenvalue weighted by atomic mass is 16.6. The van der Waals surface area contributed by atoms with Crippen molar-refractivity contribution in [2.24, 2.45) is 0 Å². The van der Waals surface area contributed by atoms with E-state index in [4.69, 9.17) is 9.47 Å². The fraction of sp³-hybridized carbons (Fsp3) is 0.273. The highest BCUT2D eigenvalue weighted by molar-refractivity contribution is 5.90. The Morgan fingerprint density at radius 2 is 1.45 bits per heavy atom. The van der Waals surface area contributed by atoms with Gasteiger partial charge in [0.2, 0.25) is 0 Å². The quantitative estimate of drug-likeness (QED) is 0.268. The topological polar surface area (TPSA) is 142 Å². The first-order valence-electron chi connectivity index (χ1n) is 10.1. The molecule has 0 spiro atoms. The molecule has 0 saturated carbocycles. The third kappa shape index (κ3) is 4.72. The van der Waals surface area contributed by atoms with Crippen molar-refractivity contribution < 1.29 is 28.9 Å². The molecule has 33 heavy (non-hydrogen) atoms. The van der Waals surface area contributed by atoms with Crippen molar-refractivity contribution in [3.05, 3.63) is 91.5 Å². The van der Waals surface area contributed by atoms with Crippen molar-refractivity contribution in [1.82, 2.24) is 4.90 Å². The molecule has 11 heteroatoms. The number of nitro benzene ring substituents is 2. The first-order chi connectivity index (χ1) is 15.8. The van der Waals surface area contributed by atoms with Gasteiger partial charge >= 0.3 is 11.9 Å². The molecule has 2 aliphatic rings. The van der Waals surface area contributed by atoms with Gasteiger partial charge in [0, 0.05) is 37.4 Å². The number of benzene rings is 2. The summed E-state index contributed by atoms with van der Waals surface area (Å²) in [5, 5.41) is 21.5. The standard InChI is InChI=1S/C22H19N3O8/c26-21(14-1-5-17(6-2-14)24(28)29)32-13-16-9-11-23-12-10-19(20(16)23)33-22(27)15-3-7-18(8-4-15)25(30)31/h1-9,19-20H,10-13H2. The number of hydrogen-bond donors (Lipinski definition) is 0. The van der Waals surface area contributed by atoms with E-state index < -0.39 is 27.9 Å². The van der Waals surface area contributed by atoms with Crippen molar-refractivity contribution in [3.8, 4) is 0 Å². The third-order valence-corrected chi connectivity index (χ3v) is 5.67. The number of fused-ring (bicyclic) bond motifs is 1. The molecule has 0 aliphatic carbocycles. The van der Waals surface area contributed by atoms with Gasteiger partial charge in [-0.05, 0) is 36.3 Å². The molecule has 0 radical (unpaired) electrons. The molecule has 0 N–H and O–H groups in total. The molecule has 1 saturated heterocycles. The first-order valence-corrected chi connectivity index (χ1v) is 10.1. The number of esters is 2. The summed E-state index contributed by atoms with van der Waals surface area (Å²) in [6.45, 7) is 1.35. The van der Waals surface area contributed by atoms with Gasteiger partial charge in [-0.3, -0.25) is 25.1 Å². The Morgan fingerprint density at radius 3 is 2.00 bits per heavy atom. The summed E-state index contributed by atoms with van der Waals surface area (Å²) in [6.07, 6.45) is 2.09. The maximum absolute atomic E-state index is 12.5. The van der Waals surface area contributed by atoms with E-state index in [1.54, 1.807) is 0 Å². The lowest BCUT2D eigenvalue weighted by Gasteiger charge is -2.24. The van der Waals surface area contributed by atoms with Crippen LogP contribution in [-0.4, -0.2) is 58.5 Å². The van der Waals surface area contributed by atoms with Crippen LogP contribution in [0.5, 0.6) is 0 Å². The van der Waals surface area contributed by atoms with Crippen LogP contribution in [-0.2, 0) is 9.47 Å². The second kappa shape index (κ2) is 9.17. The Bertz CT molecular complexity index is 1130. The van der Waals surface area contributed by atoms with Crippen LogP contribution in [0.2, 0.25) is 0 Å². The zero-order valence-corrected chi connectivity index (χ0v) is 17.3. The molecular formula is C22H19N3O8. The number of rotatable bonds is 7. The maximum Gasteiger partial charge on any atom is 0.338 e. The van der Waals surface area contributed by atoms with Crippen LogP contribution >= 0.6 is 0 Å². The molecule has 2 atom stereocenters. The van der Waals surface area contributed by atoms with E-state index >= 15 is 0 Å². The fourth-order valence-corrected chi connectivity index (χ4v) is 4.00. The lowest BCUT2D eigenvalue weighted by atomic mass is 10.0. The molecule has 2 aromatic rings. The molecule has 2 aliphatic heterocycles. The van der Waals surface area contributed by atoms with E-state index in [2.05, 4.69) is 4.90 Å². The van der Waals surface area contributed by atoms with Gasteiger partial charge < -0.3 is 9.47 Å². The minimum atomic E-state index is -0.610. The number of carbonyl (C=O) groups excluding carboxylic acids is 2. The largest absolute Gasteiger partial charge is 0.458 e. The average molecular weight is 453 g/mol. The van der Waals surface area contributed by atoms with Crippen LogP contribution in [0.3, 0.4) is 0 Å². The molecule has 2 heterocycles. The van der Waals surface area contributed by atoms with Crippen molar-refractivity contribution >= 4 is 23.3 Å². The number of carbonyl (C=O) groups is 2. The Morgan fingerprint density at radius 1 is 0.909 bits per heavy atom. The normalized spacial score (nSPS) is 19.5. The monoisotopic (exact) mass is 453 g/mol. The predicted molar refractivity (Wildman–Crippen MR) is 114 cm³/mol. The summed E-state index contributed by atoms with van der Waals surface area (Å²) in [5.41, 5.74) is 0.985. The SMILES string of the molecule is O=C(OCC1=CCN2CCC(OC(=O)c3ccc([N+](=O)[O-])cc3)C12)c1ccc([N+](=O)[O-])cc1. The Balaban J connectivity index is 1.36. The molecule has 0 aromatic heterocycles. The van der Waals surface area contributed by atoms with Gasteiger partial charge in [0.05, 0.1) is 27.0 Å². The van der Waals surface area contributed by atoms with Crippen molar-refractivity contribution in [1.29, 1.82) is 0 Å². The maximum atomic E-state index is 12.5. The molecule has 170 valence electrons. The fourth-order valence-electron chi connectivity index (χ4n) is 4.00. The van der Waals surface area contributed by atoms with Crippen LogP contribution in [0.4, 0.5) is 11.4 Å². The van der Waals surface area contributed by atoms with Crippen LogP contribution in [0.15, 0.2) is 60.2 Å². The summed E-state index contributed by atoms with van der Waals surface area (Å²) < 4.78 is 11.1. The number of ether oxygens (including phenoxy) is 2. The van der Waals surface area contributed by atoms with E-state index in [1.807, 2.05) is 6.08 Å². The third-order valence-electron chi connectivity index (χ3n) is 5.67. The summed E-state index contributed by atoms with van der Waals surface area (Å²) >= 11 is 0. The summed E-state index contributed by atoms with van der Waals surface area (Å²) in [4.78, 5) is 47.4. The van der Waals surface area contributed by atoms with E-state index in [-0.39, 0.29) is 35.2 Å². The highest BCUT2D eigenvalue weighted by Crippen LogP contribution is 2.32. The van der Waals surface area contributed by atoms with Gasteiger partial charge in [-0.25, -0.2) is 9.59 Å². The molecule has 4 rings (SSSR count). The van der Waals surface area contributed by atoms with Crippen LogP contribution in [0.1, 0.15) is 27.1 Å². The zero-order valence-electron chi connectivity index (χ0n) is 17.3. The predicted octanol–water partition coefficient (Wildman–Crippen LogP) is 2.90. The van der Waals surface area contributed by atoms with Gasteiger partial charge in [-0.2, -0.15) is 0 Å². The lowest BCUT2D eigenvalue weighted by Crippen LogP contribution is -2.36. The Labute approximate surface area is 187 Å². The molecule has 0 bridgehead atoms. The number of non-ortho nitro benzene ring substituents is 2. The van der Waals surface area contributed by atoms with Gasteiger partial charge in [0.1, 0.15) is 12.7 Å². The van der Waals surface area contributed by atoms with Crippen molar-refractivity contribution in [2.75, 3.05) is 19.7 Å². The number of hydrogen-bond acceptors (Lipinski definition) is 9. The zero-order chi connectivity index (χ0) is 23.5. The van der Waals surface area contributed by atoms with Gasteiger partial charge in [-0.1, -0.05) is 6.08 Å². The lowest BCUT2D eigenvalue weighted by molar-refractivity contribution is -0.385. The molecule has 2 unspecified atom stereocenters. The second-order valence-corrected chi connectivity index (χ2v) is 7.64. The van der Waals surface area contributed by atoms with Crippen LogP contribution in [0, 0.1) is 20.2 Å². The molecule has 0 amide bonds. The van der Waals surface area contributed by atoms with E-state index in [9.17, 15) is 29.8 Å². The van der Waals surface area contributed by atoms with Crippen molar-refractivity contribution in [3.63, 3.8) is 0 Å². The second-order valence-electron chi connectivity index (χ2n) is 7.64. The van der Waals surface area contributed by atoms with Gasteiger partial charge in [0.15, 0.2) is 0 Å². The summed E-state index contributed by atoms with van der Waals surface area (Å²) in [6, 6.07) is 10.1. The molecule has 11 nitrogen and oxygen atoms in total. The van der Waals surface area contributed by atoms with Crippen molar-refractivity contribution in [2.45, 2.75) is 18.6 Å². The van der Waals surface area contributed by atoms with Crippen LogP contribution < -0.4 is 0 Å². The van der Waals surface area contributed by atoms with E-state index in [0.717, 1.165) is 5.57 Å². The Hall–Kier alpha value is -4.12. The molecule has 2 aromatic carbocycles. The minimum Gasteiger partial charge on any atom is -0.458 e. The molecule has 1 fully saturated rings. The summed E-state index contributed by atoms with van der Waals surface area (Å²) in [5.74, 6) is -1.19. The Kier molecular flexibility index (Phi) is 6.13.